The van der Waals surface area contributed by atoms with Gasteiger partial charge in [0.05, 0.1) is 6.42 Å². The number of alkyl halides is 6. The summed E-state index contributed by atoms with van der Waals surface area (Å²) < 4.78 is 96.4. The molecule has 0 saturated carbocycles. The van der Waals surface area contributed by atoms with Crippen LogP contribution in [0.15, 0.2) is 4.99 Å². The topological polar surface area (TPSA) is 73.8 Å². The summed E-state index contributed by atoms with van der Waals surface area (Å²) in [5.41, 5.74) is -5.34. The van der Waals surface area contributed by atoms with Gasteiger partial charge >= 0.3 is 21.7 Å². The molecule has 2 N–H and O–H groups in total. The molecule has 1 saturated heterocycles. The Labute approximate surface area is 158 Å². The van der Waals surface area contributed by atoms with Crippen molar-refractivity contribution in [2.45, 2.75) is 37.0 Å². The first-order valence-corrected chi connectivity index (χ1v) is 8.41. The second kappa shape index (κ2) is 9.43. The number of piperidine rings is 1. The van der Waals surface area contributed by atoms with Gasteiger partial charge in [0.15, 0.2) is 5.96 Å². The average Bonchev–Trinajstić information content (AvgIpc) is 2.44. The molecule has 0 amide bonds. The SMILES string of the molecule is CN=C(NCCC(F)(F)F)NC1CCN(S(=O)(=O)C(F)(F)F)CC1.I. The predicted octanol–water partition coefficient (Wildman–Crippen LogP) is 2.04. The van der Waals surface area contributed by atoms with Gasteiger partial charge in [0.2, 0.25) is 0 Å². The Kier molecular flexibility index (Phi) is 9.24. The number of rotatable bonds is 4. The van der Waals surface area contributed by atoms with Gasteiger partial charge in [-0.2, -0.15) is 30.6 Å². The molecule has 1 fully saturated rings. The third-order valence-corrected chi connectivity index (χ3v) is 4.98. The monoisotopic (exact) mass is 512 g/mol. The van der Waals surface area contributed by atoms with Crippen molar-refractivity contribution in [3.8, 4) is 0 Å². The highest BCUT2D eigenvalue weighted by Crippen LogP contribution is 2.28. The zero-order chi connectivity index (χ0) is 18.6. The number of sulfonamides is 1. The van der Waals surface area contributed by atoms with Crippen LogP contribution in [0.4, 0.5) is 26.3 Å². The van der Waals surface area contributed by atoms with Gasteiger partial charge in [0, 0.05) is 32.7 Å². The molecule has 0 bridgehead atoms. The number of guanidine groups is 1. The van der Waals surface area contributed by atoms with Crippen molar-refractivity contribution in [2.24, 2.45) is 4.99 Å². The summed E-state index contributed by atoms with van der Waals surface area (Å²) in [4.78, 5) is 3.72. The van der Waals surface area contributed by atoms with Crippen molar-refractivity contribution < 1.29 is 34.8 Å². The van der Waals surface area contributed by atoms with Crippen LogP contribution in [0.1, 0.15) is 19.3 Å². The smallest absolute Gasteiger partial charge is 0.356 e. The highest BCUT2D eigenvalue weighted by atomic mass is 127. The molecule has 0 radical (unpaired) electrons. The van der Waals surface area contributed by atoms with Crippen molar-refractivity contribution in [1.82, 2.24) is 14.9 Å². The third-order valence-electron chi connectivity index (χ3n) is 3.35. The maximum absolute atomic E-state index is 12.4. The van der Waals surface area contributed by atoms with Crippen molar-refractivity contribution in [3.05, 3.63) is 0 Å². The van der Waals surface area contributed by atoms with Crippen molar-refractivity contribution in [3.63, 3.8) is 0 Å². The molecule has 25 heavy (non-hydrogen) atoms. The standard InChI is InChI=1S/C11H18F6N4O2S.HI/c1-18-9(19-5-4-10(12,13)14)20-8-2-6-21(7-3-8)24(22,23)11(15,16)17;/h8H,2-7H2,1H3,(H2,18,19,20);1H. The van der Waals surface area contributed by atoms with Gasteiger partial charge < -0.3 is 10.6 Å². The van der Waals surface area contributed by atoms with E-state index in [0.717, 1.165) is 0 Å². The highest BCUT2D eigenvalue weighted by molar-refractivity contribution is 14.0. The molecule has 1 heterocycles. The van der Waals surface area contributed by atoms with Gasteiger partial charge in [-0.1, -0.05) is 0 Å². The van der Waals surface area contributed by atoms with Gasteiger partial charge in [-0.15, -0.1) is 24.0 Å². The number of halogens is 7. The van der Waals surface area contributed by atoms with Crippen LogP contribution >= 0.6 is 24.0 Å². The molecular formula is C11H19F6IN4O2S. The number of nitrogens with one attached hydrogen (secondary N) is 2. The number of hydrogen-bond donors (Lipinski definition) is 2. The van der Waals surface area contributed by atoms with Crippen molar-refractivity contribution in [1.29, 1.82) is 0 Å². The summed E-state index contributed by atoms with van der Waals surface area (Å²) in [5, 5.41) is 5.22. The minimum Gasteiger partial charge on any atom is -0.356 e. The molecule has 0 atom stereocenters. The minimum atomic E-state index is -5.35. The fraction of sp³-hybridized carbons (Fsp3) is 0.909. The van der Waals surface area contributed by atoms with Crippen LogP contribution in [-0.4, -0.2) is 63.1 Å². The van der Waals surface area contributed by atoms with Crippen LogP contribution in [0.3, 0.4) is 0 Å². The molecule has 0 unspecified atom stereocenters. The van der Waals surface area contributed by atoms with Crippen LogP contribution < -0.4 is 10.6 Å². The Balaban J connectivity index is 0.00000576. The molecule has 0 aromatic carbocycles. The molecular weight excluding hydrogens is 493 g/mol. The van der Waals surface area contributed by atoms with Gasteiger partial charge in [0.1, 0.15) is 0 Å². The van der Waals surface area contributed by atoms with E-state index in [-0.39, 0.29) is 61.9 Å². The van der Waals surface area contributed by atoms with Gasteiger partial charge in [-0.3, -0.25) is 4.99 Å². The Morgan fingerprint density at radius 1 is 1.16 bits per heavy atom. The zero-order valence-corrected chi connectivity index (χ0v) is 16.3. The van der Waals surface area contributed by atoms with E-state index >= 15 is 0 Å². The van der Waals surface area contributed by atoms with E-state index in [0.29, 0.717) is 4.31 Å². The molecule has 1 rings (SSSR count). The quantitative estimate of drug-likeness (QED) is 0.262. The van der Waals surface area contributed by atoms with E-state index in [1.807, 2.05) is 0 Å². The summed E-state index contributed by atoms with van der Waals surface area (Å²) in [6.07, 6.45) is -5.22. The van der Waals surface area contributed by atoms with Gasteiger partial charge in [0.25, 0.3) is 0 Å². The van der Waals surface area contributed by atoms with Crippen molar-refractivity contribution >= 4 is 40.0 Å². The Hall–Kier alpha value is -0.510. The Morgan fingerprint density at radius 3 is 2.08 bits per heavy atom. The molecule has 14 heteroatoms. The minimum absolute atomic E-state index is 0. The van der Waals surface area contributed by atoms with Crippen LogP contribution in [-0.2, 0) is 10.0 Å². The molecule has 6 nitrogen and oxygen atoms in total. The van der Waals surface area contributed by atoms with E-state index in [4.69, 9.17) is 0 Å². The average molecular weight is 512 g/mol. The lowest BCUT2D eigenvalue weighted by molar-refractivity contribution is -0.132. The Morgan fingerprint density at radius 2 is 1.68 bits per heavy atom. The van der Waals surface area contributed by atoms with Gasteiger partial charge in [-0.05, 0) is 12.8 Å². The van der Waals surface area contributed by atoms with E-state index in [9.17, 15) is 34.8 Å². The predicted molar refractivity (Wildman–Crippen MR) is 90.2 cm³/mol. The lowest BCUT2D eigenvalue weighted by Crippen LogP contribution is -2.51. The van der Waals surface area contributed by atoms with E-state index in [1.165, 1.54) is 7.05 Å². The van der Waals surface area contributed by atoms with Gasteiger partial charge in [-0.25, -0.2) is 8.42 Å². The lowest BCUT2D eigenvalue weighted by Gasteiger charge is -2.32. The Bertz CT molecular complexity index is 544. The molecule has 0 aliphatic carbocycles. The first-order valence-electron chi connectivity index (χ1n) is 6.97. The van der Waals surface area contributed by atoms with E-state index in [1.54, 1.807) is 0 Å². The second-order valence-electron chi connectivity index (χ2n) is 5.13. The summed E-state index contributed by atoms with van der Waals surface area (Å²) >= 11 is 0. The molecule has 1 aliphatic rings. The zero-order valence-electron chi connectivity index (χ0n) is 13.1. The normalized spacial score (nSPS) is 18.6. The lowest BCUT2D eigenvalue weighted by atomic mass is 10.1. The summed E-state index contributed by atoms with van der Waals surface area (Å²) in [6.45, 7) is -1.07. The van der Waals surface area contributed by atoms with Crippen LogP contribution in [0.25, 0.3) is 0 Å². The molecule has 0 aromatic rings. The summed E-state index contributed by atoms with van der Waals surface area (Å²) in [7, 11) is -4.01. The number of aliphatic imine (C=N–C) groups is 1. The second-order valence-corrected chi connectivity index (χ2v) is 7.06. The number of nitrogens with zero attached hydrogens (tertiary/aromatic N) is 2. The third kappa shape index (κ3) is 7.72. The van der Waals surface area contributed by atoms with E-state index in [2.05, 4.69) is 15.6 Å². The van der Waals surface area contributed by atoms with Crippen LogP contribution in [0, 0.1) is 0 Å². The molecule has 0 aromatic heterocycles. The highest BCUT2D eigenvalue weighted by Gasteiger charge is 2.50. The van der Waals surface area contributed by atoms with E-state index < -0.39 is 34.7 Å². The first kappa shape index (κ1) is 24.5. The van der Waals surface area contributed by atoms with Crippen molar-refractivity contribution in [2.75, 3.05) is 26.7 Å². The first-order chi connectivity index (χ1) is 10.9. The number of hydrogen-bond acceptors (Lipinski definition) is 3. The molecule has 1 aliphatic heterocycles. The maximum Gasteiger partial charge on any atom is 0.511 e. The summed E-state index contributed by atoms with van der Waals surface area (Å²) in [6, 6.07) is -0.387. The largest absolute Gasteiger partial charge is 0.511 e. The van der Waals surface area contributed by atoms with Crippen LogP contribution in [0.2, 0.25) is 0 Å². The molecule has 0 spiro atoms. The van der Waals surface area contributed by atoms with Crippen LogP contribution in [0.5, 0.6) is 0 Å². The maximum atomic E-state index is 12.4. The fourth-order valence-electron chi connectivity index (χ4n) is 2.10. The summed E-state index contributed by atoms with van der Waals surface area (Å²) in [5.74, 6) is 0.0800. The molecule has 150 valence electrons. The fourth-order valence-corrected chi connectivity index (χ4v) is 3.08.